The first-order valence-corrected chi connectivity index (χ1v) is 2.22. The molecule has 1 aliphatic rings. The number of hydrogen-bond donors (Lipinski definition) is 0. The van der Waals surface area contributed by atoms with Crippen molar-refractivity contribution in [2.45, 2.75) is 13.3 Å². The molecule has 0 bridgehead atoms. The predicted octanol–water partition coefficient (Wildman–Crippen LogP) is 1.24. The van der Waals surface area contributed by atoms with Crippen LogP contribution in [0.3, 0.4) is 0 Å². The summed E-state index contributed by atoms with van der Waals surface area (Å²) in [5, 5.41) is 0. The number of hydrogen-bond acceptors (Lipinski definition) is 0. The molecule has 0 atom stereocenters. The molecule has 0 unspecified atom stereocenters. The van der Waals surface area contributed by atoms with Gasteiger partial charge in [-0.2, -0.15) is 0 Å². The predicted molar refractivity (Wildman–Crippen MR) is 34.7 cm³/mol. The molecule has 1 heteroatoms. The molecule has 0 radical (unpaired) electrons. The topological polar surface area (TPSA) is 0 Å². The van der Waals surface area contributed by atoms with Crippen LogP contribution in [-0.4, -0.2) is 51.4 Å². The summed E-state index contributed by atoms with van der Waals surface area (Å²) in [4.78, 5) is 0. The second kappa shape index (κ2) is 4.04. The summed E-state index contributed by atoms with van der Waals surface area (Å²) < 4.78 is 0. The molecule has 1 rings (SSSR count). The molecule has 0 amide bonds. The Kier molecular flexibility index (Phi) is 4.69. The molecule has 1 aliphatic carbocycles. The van der Waals surface area contributed by atoms with Gasteiger partial charge in [0.15, 0.2) is 0 Å². The molecule has 0 aromatic carbocycles. The molecule has 0 N–H and O–H groups in total. The van der Waals surface area contributed by atoms with Crippen LogP contribution in [0.5, 0.6) is 0 Å². The normalized spacial score (nSPS) is 15.9. The molecule has 0 saturated carbocycles. The summed E-state index contributed by atoms with van der Waals surface area (Å²) >= 11 is 0. The van der Waals surface area contributed by atoms with E-state index in [0.717, 1.165) is 0 Å². The SMILES string of the molecule is CC1=CC=CC1.[KH]. The van der Waals surface area contributed by atoms with Crippen molar-refractivity contribution < 1.29 is 0 Å². The van der Waals surface area contributed by atoms with Gasteiger partial charge < -0.3 is 0 Å². The molecule has 0 saturated heterocycles. The van der Waals surface area contributed by atoms with Crippen molar-refractivity contribution >= 4 is 51.4 Å². The zero-order valence-corrected chi connectivity index (χ0v) is 3.94. The fraction of sp³-hybridized carbons (Fsp3) is 0.333. The quantitative estimate of drug-likeness (QED) is 0.422. The Morgan fingerprint density at radius 2 is 2.29 bits per heavy atom. The second-order valence-corrected chi connectivity index (χ2v) is 1.65. The molecule has 0 nitrogen and oxygen atoms in total. The van der Waals surface area contributed by atoms with Crippen LogP contribution in [0.15, 0.2) is 23.8 Å². The Hall–Kier alpha value is 1.12. The van der Waals surface area contributed by atoms with E-state index in [-0.39, 0.29) is 51.4 Å². The monoisotopic (exact) mass is 120 g/mol. The fourth-order valence-corrected chi connectivity index (χ4v) is 0.554. The Morgan fingerprint density at radius 1 is 1.57 bits per heavy atom. The van der Waals surface area contributed by atoms with E-state index in [0.29, 0.717) is 0 Å². The van der Waals surface area contributed by atoms with Crippen LogP contribution in [0.2, 0.25) is 0 Å². The third-order valence-corrected chi connectivity index (χ3v) is 0.957. The summed E-state index contributed by atoms with van der Waals surface area (Å²) in [6, 6.07) is 0. The Labute approximate surface area is 87.1 Å². The van der Waals surface area contributed by atoms with Crippen LogP contribution in [0.25, 0.3) is 0 Å². The number of allylic oxidation sites excluding steroid dienone is 4. The standard InChI is InChI=1S/C6H8.K.H/c1-6-4-2-3-5-6;;/h2-4H,5H2,1H3;;. The molecular formula is C6H9K. The van der Waals surface area contributed by atoms with Crippen LogP contribution in [-0.2, 0) is 0 Å². The van der Waals surface area contributed by atoms with E-state index in [1.54, 1.807) is 0 Å². The van der Waals surface area contributed by atoms with Gasteiger partial charge in [0.25, 0.3) is 0 Å². The molecule has 0 aliphatic heterocycles. The van der Waals surface area contributed by atoms with Gasteiger partial charge in [0, 0.05) is 0 Å². The third-order valence-electron chi connectivity index (χ3n) is 0.957. The second-order valence-electron chi connectivity index (χ2n) is 1.65. The first kappa shape index (κ1) is 8.12. The van der Waals surface area contributed by atoms with Crippen molar-refractivity contribution in [2.24, 2.45) is 0 Å². The first-order valence-electron chi connectivity index (χ1n) is 2.22. The summed E-state index contributed by atoms with van der Waals surface area (Å²) in [7, 11) is 0. The van der Waals surface area contributed by atoms with E-state index in [2.05, 4.69) is 25.2 Å². The average molecular weight is 120 g/mol. The summed E-state index contributed by atoms with van der Waals surface area (Å²) in [6.07, 6.45) is 7.56. The molecule has 0 aromatic heterocycles. The van der Waals surface area contributed by atoms with Gasteiger partial charge in [-0.15, -0.1) is 0 Å². The zero-order valence-electron chi connectivity index (χ0n) is 3.94. The fourth-order valence-electron chi connectivity index (χ4n) is 0.554. The van der Waals surface area contributed by atoms with E-state index >= 15 is 0 Å². The molecule has 0 heterocycles. The van der Waals surface area contributed by atoms with E-state index in [4.69, 9.17) is 0 Å². The minimum absolute atomic E-state index is 0. The van der Waals surface area contributed by atoms with Crippen LogP contribution >= 0.6 is 0 Å². The van der Waals surface area contributed by atoms with Crippen LogP contribution in [0.1, 0.15) is 13.3 Å². The maximum absolute atomic E-state index is 2.16. The maximum atomic E-state index is 2.16. The molecule has 0 fully saturated rings. The van der Waals surface area contributed by atoms with Crippen LogP contribution in [0.4, 0.5) is 0 Å². The van der Waals surface area contributed by atoms with E-state index in [1.807, 2.05) is 0 Å². The van der Waals surface area contributed by atoms with Crippen molar-refractivity contribution in [3.8, 4) is 0 Å². The average Bonchev–Trinajstić information content (AvgIpc) is 1.86. The third kappa shape index (κ3) is 2.83. The van der Waals surface area contributed by atoms with Gasteiger partial charge >= 0.3 is 51.4 Å². The van der Waals surface area contributed by atoms with Gasteiger partial charge in [-0.05, 0) is 13.3 Å². The Balaban J connectivity index is 0.000000360. The summed E-state index contributed by atoms with van der Waals surface area (Å²) in [5.74, 6) is 0. The summed E-state index contributed by atoms with van der Waals surface area (Å²) in [5.41, 5.74) is 1.47. The Morgan fingerprint density at radius 3 is 2.43 bits per heavy atom. The molecular weight excluding hydrogens is 111 g/mol. The van der Waals surface area contributed by atoms with Crippen molar-refractivity contribution in [2.75, 3.05) is 0 Å². The van der Waals surface area contributed by atoms with E-state index in [9.17, 15) is 0 Å². The van der Waals surface area contributed by atoms with Crippen molar-refractivity contribution in [1.82, 2.24) is 0 Å². The van der Waals surface area contributed by atoms with E-state index < -0.39 is 0 Å². The zero-order chi connectivity index (χ0) is 4.41. The van der Waals surface area contributed by atoms with E-state index in [1.165, 1.54) is 12.0 Å². The van der Waals surface area contributed by atoms with Gasteiger partial charge in [0.2, 0.25) is 0 Å². The van der Waals surface area contributed by atoms with Gasteiger partial charge in [0.1, 0.15) is 0 Å². The van der Waals surface area contributed by atoms with Crippen LogP contribution < -0.4 is 0 Å². The van der Waals surface area contributed by atoms with Gasteiger partial charge in [0.05, 0.1) is 0 Å². The minimum atomic E-state index is 0. The molecule has 7 heavy (non-hydrogen) atoms. The van der Waals surface area contributed by atoms with Crippen molar-refractivity contribution in [3.63, 3.8) is 0 Å². The molecule has 0 spiro atoms. The summed E-state index contributed by atoms with van der Waals surface area (Å²) in [6.45, 7) is 2.14. The van der Waals surface area contributed by atoms with Crippen LogP contribution in [0, 0.1) is 0 Å². The van der Waals surface area contributed by atoms with Crippen molar-refractivity contribution in [3.05, 3.63) is 23.8 Å². The number of rotatable bonds is 0. The van der Waals surface area contributed by atoms with Crippen molar-refractivity contribution in [1.29, 1.82) is 0 Å². The first-order chi connectivity index (χ1) is 2.89. The molecule has 34 valence electrons. The van der Waals surface area contributed by atoms with Gasteiger partial charge in [-0.3, -0.25) is 0 Å². The van der Waals surface area contributed by atoms with Gasteiger partial charge in [-0.1, -0.05) is 23.8 Å². The Bertz CT molecular complexity index is 101. The van der Waals surface area contributed by atoms with Gasteiger partial charge in [-0.25, -0.2) is 0 Å². The molecule has 0 aromatic rings.